The van der Waals surface area contributed by atoms with Crippen molar-refractivity contribution in [3.63, 3.8) is 0 Å². The van der Waals surface area contributed by atoms with Crippen LogP contribution in [0.25, 0.3) is 11.2 Å². The number of imidazole rings is 1. The van der Waals surface area contributed by atoms with Crippen molar-refractivity contribution in [3.8, 4) is 11.9 Å². The highest BCUT2D eigenvalue weighted by Crippen LogP contribution is 2.25. The van der Waals surface area contributed by atoms with E-state index in [-0.39, 0.29) is 11.8 Å². The molecule has 0 unspecified atom stereocenters. The lowest BCUT2D eigenvalue weighted by Gasteiger charge is -2.10. The first-order chi connectivity index (χ1) is 15.1. The molecule has 0 radical (unpaired) electrons. The summed E-state index contributed by atoms with van der Waals surface area (Å²) in [4.78, 5) is 25.7. The normalized spacial score (nSPS) is 10.9. The van der Waals surface area contributed by atoms with Crippen LogP contribution in [0.3, 0.4) is 0 Å². The Balaban J connectivity index is 1.59. The van der Waals surface area contributed by atoms with Gasteiger partial charge in [0.1, 0.15) is 0 Å². The van der Waals surface area contributed by atoms with Crippen molar-refractivity contribution >= 4 is 28.5 Å². The molecule has 7 nitrogen and oxygen atoms in total. The first-order valence-electron chi connectivity index (χ1n) is 9.96. The van der Waals surface area contributed by atoms with E-state index in [1.54, 1.807) is 30.6 Å². The number of carbonyl (C=O) groups is 1. The van der Waals surface area contributed by atoms with E-state index >= 15 is 0 Å². The van der Waals surface area contributed by atoms with Crippen LogP contribution in [0.1, 0.15) is 35.3 Å². The second-order valence-corrected chi connectivity index (χ2v) is 7.19. The summed E-state index contributed by atoms with van der Waals surface area (Å²) in [6.45, 7) is 5.21. The summed E-state index contributed by atoms with van der Waals surface area (Å²) in [5, 5.41) is 0.600. The molecule has 0 fully saturated rings. The molecule has 2 heterocycles. The van der Waals surface area contributed by atoms with Crippen molar-refractivity contribution in [2.24, 2.45) is 0 Å². The lowest BCUT2D eigenvalue weighted by Crippen LogP contribution is -2.06. The molecule has 0 bridgehead atoms. The van der Waals surface area contributed by atoms with Crippen LogP contribution in [0.4, 0.5) is 0 Å². The third kappa shape index (κ3) is 4.51. The summed E-state index contributed by atoms with van der Waals surface area (Å²) < 4.78 is 13.0. The van der Waals surface area contributed by atoms with Gasteiger partial charge < -0.3 is 14.0 Å². The van der Waals surface area contributed by atoms with Gasteiger partial charge in [0.15, 0.2) is 16.9 Å². The lowest BCUT2D eigenvalue weighted by atomic mass is 10.0. The van der Waals surface area contributed by atoms with Crippen LogP contribution in [-0.2, 0) is 6.54 Å². The maximum absolute atomic E-state index is 12.7. The maximum Gasteiger partial charge on any atom is 0.321 e. The van der Waals surface area contributed by atoms with E-state index in [2.05, 4.69) is 15.0 Å². The monoisotopic (exact) mass is 436 g/mol. The molecular weight excluding hydrogens is 416 g/mol. The molecule has 0 saturated heterocycles. The molecule has 0 N–H and O–H groups in total. The Labute approximate surface area is 184 Å². The minimum absolute atomic E-state index is 0.0493. The van der Waals surface area contributed by atoms with E-state index < -0.39 is 0 Å². The van der Waals surface area contributed by atoms with Gasteiger partial charge in [-0.3, -0.25) is 4.79 Å². The van der Waals surface area contributed by atoms with Crippen LogP contribution in [0.5, 0.6) is 11.9 Å². The van der Waals surface area contributed by atoms with Crippen molar-refractivity contribution in [1.29, 1.82) is 0 Å². The third-order valence-electron chi connectivity index (χ3n) is 4.65. The second kappa shape index (κ2) is 9.14. The summed E-state index contributed by atoms with van der Waals surface area (Å²) in [5.74, 6) is 0.384. The van der Waals surface area contributed by atoms with Crippen LogP contribution >= 0.6 is 11.6 Å². The van der Waals surface area contributed by atoms with Crippen molar-refractivity contribution in [2.45, 2.75) is 20.4 Å². The Hall–Kier alpha value is -3.45. The molecule has 4 aromatic rings. The van der Waals surface area contributed by atoms with Crippen LogP contribution < -0.4 is 9.47 Å². The third-order valence-corrected chi connectivity index (χ3v) is 4.90. The number of hydrogen-bond acceptors (Lipinski definition) is 6. The number of carbonyl (C=O) groups excluding carboxylic acids is 1. The van der Waals surface area contributed by atoms with Crippen LogP contribution in [-0.4, -0.2) is 38.5 Å². The Morgan fingerprint density at radius 2 is 1.58 bits per heavy atom. The van der Waals surface area contributed by atoms with Crippen LogP contribution in [0.2, 0.25) is 5.02 Å². The first-order valence-corrected chi connectivity index (χ1v) is 10.3. The molecule has 8 heteroatoms. The van der Waals surface area contributed by atoms with E-state index in [0.717, 1.165) is 5.56 Å². The average molecular weight is 437 g/mol. The Morgan fingerprint density at radius 3 is 2.23 bits per heavy atom. The summed E-state index contributed by atoms with van der Waals surface area (Å²) in [6.07, 6.45) is 1.70. The number of nitrogens with zero attached hydrogens (tertiary/aromatic N) is 4. The van der Waals surface area contributed by atoms with E-state index in [4.69, 9.17) is 21.1 Å². The van der Waals surface area contributed by atoms with Gasteiger partial charge in [-0.15, -0.1) is 0 Å². The smallest absolute Gasteiger partial charge is 0.321 e. The fourth-order valence-corrected chi connectivity index (χ4v) is 3.33. The fourth-order valence-electron chi connectivity index (χ4n) is 3.20. The van der Waals surface area contributed by atoms with Crippen molar-refractivity contribution in [1.82, 2.24) is 19.5 Å². The Morgan fingerprint density at radius 1 is 0.935 bits per heavy atom. The molecule has 2 aromatic carbocycles. The number of benzene rings is 2. The zero-order valence-corrected chi connectivity index (χ0v) is 18.0. The number of ether oxygens (including phenoxy) is 2. The molecule has 0 aliphatic heterocycles. The number of ketones is 1. The molecule has 0 saturated carbocycles. The van der Waals surface area contributed by atoms with E-state index in [1.165, 1.54) is 0 Å². The van der Waals surface area contributed by atoms with E-state index in [0.29, 0.717) is 53.0 Å². The fraction of sp³-hybridized carbons (Fsp3) is 0.217. The van der Waals surface area contributed by atoms with Crippen LogP contribution in [0.15, 0.2) is 54.9 Å². The van der Waals surface area contributed by atoms with Gasteiger partial charge in [0.25, 0.3) is 0 Å². The summed E-state index contributed by atoms with van der Waals surface area (Å²) in [7, 11) is 0. The molecule has 0 spiro atoms. The van der Waals surface area contributed by atoms with Gasteiger partial charge in [0.2, 0.25) is 5.88 Å². The second-order valence-electron chi connectivity index (χ2n) is 6.75. The maximum atomic E-state index is 12.7. The largest absolute Gasteiger partial charge is 0.476 e. The number of aromatic nitrogens is 4. The molecule has 2 aromatic heterocycles. The van der Waals surface area contributed by atoms with Gasteiger partial charge >= 0.3 is 6.01 Å². The number of rotatable bonds is 8. The minimum Gasteiger partial charge on any atom is -0.476 e. The van der Waals surface area contributed by atoms with Crippen LogP contribution in [0, 0.1) is 0 Å². The first kappa shape index (κ1) is 20.8. The van der Waals surface area contributed by atoms with E-state index in [9.17, 15) is 4.79 Å². The summed E-state index contributed by atoms with van der Waals surface area (Å²) in [6, 6.07) is 14.6. The van der Waals surface area contributed by atoms with Gasteiger partial charge in [0, 0.05) is 22.7 Å². The summed E-state index contributed by atoms with van der Waals surface area (Å²) >= 11 is 5.90. The number of fused-ring (bicyclic) bond motifs is 1. The quantitative estimate of drug-likeness (QED) is 0.377. The molecule has 31 heavy (non-hydrogen) atoms. The highest BCUT2D eigenvalue weighted by atomic mass is 35.5. The zero-order chi connectivity index (χ0) is 21.8. The van der Waals surface area contributed by atoms with Gasteiger partial charge in [0.05, 0.1) is 19.5 Å². The van der Waals surface area contributed by atoms with Gasteiger partial charge in [-0.05, 0) is 43.7 Å². The minimum atomic E-state index is -0.0493. The highest BCUT2D eigenvalue weighted by Gasteiger charge is 2.16. The highest BCUT2D eigenvalue weighted by molar-refractivity contribution is 6.30. The van der Waals surface area contributed by atoms with Gasteiger partial charge in [-0.25, -0.2) is 4.98 Å². The predicted octanol–water partition coefficient (Wildman–Crippen LogP) is 4.56. The molecule has 0 amide bonds. The standard InChI is InChI=1S/C23H21ClN4O3/c1-3-30-22-19-21(26-23(27-22)31-4-2)25-14-28(19)13-15-5-7-16(8-6-15)20(29)17-9-11-18(24)12-10-17/h5-12,14H,3-4,13H2,1-2H3. The Kier molecular flexibility index (Phi) is 6.13. The SMILES string of the molecule is CCOc1nc(OCC)c2c(ncn2Cc2ccc(C(=O)c3ccc(Cl)cc3)cc2)n1. The van der Waals surface area contributed by atoms with Crippen molar-refractivity contribution in [2.75, 3.05) is 13.2 Å². The number of halogens is 1. The van der Waals surface area contributed by atoms with Gasteiger partial charge in [-0.1, -0.05) is 35.9 Å². The van der Waals surface area contributed by atoms with E-state index in [1.807, 2.05) is 42.7 Å². The lowest BCUT2D eigenvalue weighted by molar-refractivity contribution is 0.103. The predicted molar refractivity (Wildman–Crippen MR) is 118 cm³/mol. The van der Waals surface area contributed by atoms with Crippen molar-refractivity contribution < 1.29 is 14.3 Å². The van der Waals surface area contributed by atoms with Crippen molar-refractivity contribution in [3.05, 3.63) is 76.6 Å². The molecule has 4 rings (SSSR count). The average Bonchev–Trinajstić information content (AvgIpc) is 3.17. The molecule has 158 valence electrons. The molecule has 0 atom stereocenters. The number of hydrogen-bond donors (Lipinski definition) is 0. The summed E-state index contributed by atoms with van der Waals surface area (Å²) in [5.41, 5.74) is 3.42. The zero-order valence-electron chi connectivity index (χ0n) is 17.2. The topological polar surface area (TPSA) is 79.1 Å². The Bertz CT molecular complexity index is 1200. The van der Waals surface area contributed by atoms with Gasteiger partial charge in [-0.2, -0.15) is 9.97 Å². The molecular formula is C23H21ClN4O3. The molecule has 0 aliphatic rings. The molecule has 0 aliphatic carbocycles.